The molecule has 0 unspecified atom stereocenters. The van der Waals surface area contributed by atoms with Crippen LogP contribution in [0.15, 0.2) is 24.4 Å². The van der Waals surface area contributed by atoms with Gasteiger partial charge in [0.1, 0.15) is 17.3 Å². The molecule has 2 aromatic heterocycles. The van der Waals surface area contributed by atoms with Crippen LogP contribution in [0.2, 0.25) is 5.02 Å². The van der Waals surface area contributed by atoms with E-state index in [4.69, 9.17) is 30.8 Å². The Morgan fingerprint density at radius 2 is 1.69 bits per heavy atom. The molecule has 1 aliphatic heterocycles. The first-order valence-corrected chi connectivity index (χ1v) is 11.2. The first-order valence-electron chi connectivity index (χ1n) is 10.8. The van der Waals surface area contributed by atoms with Gasteiger partial charge in [0.25, 0.3) is 0 Å². The Morgan fingerprint density at radius 3 is 2.31 bits per heavy atom. The van der Waals surface area contributed by atoms with Crippen molar-refractivity contribution in [3.05, 3.63) is 40.7 Å². The third-order valence-corrected chi connectivity index (χ3v) is 6.96. The van der Waals surface area contributed by atoms with E-state index in [1.807, 2.05) is 32.2 Å². The van der Waals surface area contributed by atoms with Crippen molar-refractivity contribution in [3.63, 3.8) is 0 Å². The molecule has 6 nitrogen and oxygen atoms in total. The van der Waals surface area contributed by atoms with E-state index >= 15 is 0 Å². The Balaban J connectivity index is 1.91. The molecule has 0 atom stereocenters. The number of pyridine rings is 2. The van der Waals surface area contributed by atoms with Crippen molar-refractivity contribution in [1.82, 2.24) is 9.97 Å². The molecule has 7 heteroatoms. The summed E-state index contributed by atoms with van der Waals surface area (Å²) in [5, 5.41) is 2.63. The second kappa shape index (κ2) is 8.75. The number of anilines is 1. The van der Waals surface area contributed by atoms with Gasteiger partial charge in [-0.15, -0.1) is 0 Å². The number of nitrogens with zero attached hydrogens (tertiary/aromatic N) is 3. The molecule has 1 fully saturated rings. The zero-order chi connectivity index (χ0) is 23.0. The maximum Gasteiger partial charge on any atom is 0.141 e. The highest BCUT2D eigenvalue weighted by atomic mass is 35.5. The van der Waals surface area contributed by atoms with Crippen LogP contribution in [-0.4, -0.2) is 50.0 Å². The van der Waals surface area contributed by atoms with Crippen molar-refractivity contribution in [2.45, 2.75) is 39.2 Å². The number of hydrogen-bond acceptors (Lipinski definition) is 6. The van der Waals surface area contributed by atoms with Gasteiger partial charge < -0.3 is 19.1 Å². The number of benzene rings is 1. The number of fused-ring (bicyclic) bond motifs is 1. The van der Waals surface area contributed by atoms with E-state index in [2.05, 4.69) is 22.9 Å². The van der Waals surface area contributed by atoms with E-state index in [1.165, 1.54) is 0 Å². The summed E-state index contributed by atoms with van der Waals surface area (Å²) < 4.78 is 16.8. The zero-order valence-corrected chi connectivity index (χ0v) is 20.3. The van der Waals surface area contributed by atoms with Gasteiger partial charge in [0.15, 0.2) is 0 Å². The molecule has 0 spiro atoms. The molecule has 4 rings (SSSR count). The van der Waals surface area contributed by atoms with Crippen molar-refractivity contribution in [1.29, 1.82) is 0 Å². The Labute approximate surface area is 194 Å². The first-order chi connectivity index (χ1) is 15.3. The molecule has 1 saturated heterocycles. The molecule has 1 aliphatic rings. The molecule has 3 heterocycles. The normalized spacial score (nSPS) is 15.8. The minimum absolute atomic E-state index is 0.0958. The summed E-state index contributed by atoms with van der Waals surface area (Å²) in [5.41, 5.74) is 3.37. The van der Waals surface area contributed by atoms with Gasteiger partial charge in [-0.2, -0.15) is 0 Å². The minimum Gasteiger partial charge on any atom is -0.496 e. The smallest absolute Gasteiger partial charge is 0.141 e. The van der Waals surface area contributed by atoms with E-state index < -0.39 is 0 Å². The summed E-state index contributed by atoms with van der Waals surface area (Å²) >= 11 is 6.78. The summed E-state index contributed by atoms with van der Waals surface area (Å²) in [4.78, 5) is 12.0. The Morgan fingerprint density at radius 1 is 1.00 bits per heavy atom. The largest absolute Gasteiger partial charge is 0.496 e. The Bertz CT molecular complexity index is 1130. The SMILES string of the molecule is COc1cc(OC)c(Cl)c(-c2cc3cnc(C)cc3c(N3CCC(C)(OC)CC3)n2)c1C. The maximum atomic E-state index is 6.78. The van der Waals surface area contributed by atoms with Crippen molar-refractivity contribution in [2.24, 2.45) is 0 Å². The van der Waals surface area contributed by atoms with E-state index in [0.29, 0.717) is 16.5 Å². The number of ether oxygens (including phenoxy) is 3. The predicted molar refractivity (Wildman–Crippen MR) is 129 cm³/mol. The van der Waals surface area contributed by atoms with Crippen molar-refractivity contribution in [2.75, 3.05) is 39.3 Å². The number of rotatable bonds is 5. The van der Waals surface area contributed by atoms with Gasteiger partial charge in [-0.3, -0.25) is 4.98 Å². The van der Waals surface area contributed by atoms with Gasteiger partial charge in [0.05, 0.1) is 30.5 Å². The van der Waals surface area contributed by atoms with Crippen LogP contribution in [0, 0.1) is 13.8 Å². The van der Waals surface area contributed by atoms with E-state index in [0.717, 1.165) is 65.0 Å². The second-order valence-corrected chi connectivity index (χ2v) is 8.99. The average Bonchev–Trinajstić information content (AvgIpc) is 2.79. The molecular weight excluding hydrogens is 426 g/mol. The van der Waals surface area contributed by atoms with E-state index in [-0.39, 0.29) is 5.60 Å². The Hall–Kier alpha value is -2.57. The lowest BCUT2D eigenvalue weighted by molar-refractivity contribution is -0.0133. The zero-order valence-electron chi connectivity index (χ0n) is 19.6. The summed E-state index contributed by atoms with van der Waals surface area (Å²) in [7, 11) is 5.04. The lowest BCUT2D eigenvalue weighted by atomic mass is 9.93. The van der Waals surface area contributed by atoms with Crippen LogP contribution in [0.1, 0.15) is 31.0 Å². The molecule has 0 radical (unpaired) electrons. The molecule has 3 aromatic rings. The molecule has 170 valence electrons. The summed E-state index contributed by atoms with van der Waals surface area (Å²) in [6.45, 7) is 7.90. The summed E-state index contributed by atoms with van der Waals surface area (Å²) in [5.74, 6) is 2.21. The van der Waals surface area contributed by atoms with Crippen LogP contribution in [0.5, 0.6) is 11.5 Å². The molecule has 0 N–H and O–H groups in total. The molecule has 0 bridgehead atoms. The van der Waals surface area contributed by atoms with Crippen LogP contribution >= 0.6 is 11.6 Å². The number of halogens is 1. The fraction of sp³-hybridized carbons (Fsp3) is 0.440. The molecule has 0 amide bonds. The van der Waals surface area contributed by atoms with Gasteiger partial charge in [-0.25, -0.2) is 4.98 Å². The average molecular weight is 456 g/mol. The Kier molecular flexibility index (Phi) is 6.19. The highest BCUT2D eigenvalue weighted by Crippen LogP contribution is 2.44. The third kappa shape index (κ3) is 3.97. The lowest BCUT2D eigenvalue weighted by Gasteiger charge is -2.39. The topological polar surface area (TPSA) is 56.7 Å². The molecule has 32 heavy (non-hydrogen) atoms. The number of hydrogen-bond donors (Lipinski definition) is 0. The van der Waals surface area contributed by atoms with E-state index in [1.54, 1.807) is 21.3 Å². The maximum absolute atomic E-state index is 6.78. The highest BCUT2D eigenvalue weighted by molar-refractivity contribution is 6.35. The second-order valence-electron chi connectivity index (χ2n) is 8.61. The van der Waals surface area contributed by atoms with Gasteiger partial charge in [-0.05, 0) is 45.7 Å². The quantitative estimate of drug-likeness (QED) is 0.499. The fourth-order valence-electron chi connectivity index (χ4n) is 4.36. The van der Waals surface area contributed by atoms with Gasteiger partial charge in [-0.1, -0.05) is 11.6 Å². The van der Waals surface area contributed by atoms with Gasteiger partial charge in [0, 0.05) is 60.1 Å². The monoisotopic (exact) mass is 455 g/mol. The van der Waals surface area contributed by atoms with Crippen molar-refractivity contribution < 1.29 is 14.2 Å². The summed E-state index contributed by atoms with van der Waals surface area (Å²) in [6.07, 6.45) is 3.78. The number of aromatic nitrogens is 2. The van der Waals surface area contributed by atoms with E-state index in [9.17, 15) is 0 Å². The first kappa shape index (κ1) is 22.6. The van der Waals surface area contributed by atoms with Crippen LogP contribution in [-0.2, 0) is 4.74 Å². The van der Waals surface area contributed by atoms with Crippen LogP contribution < -0.4 is 14.4 Å². The number of aryl methyl sites for hydroxylation is 1. The van der Waals surface area contributed by atoms with Crippen LogP contribution in [0.25, 0.3) is 22.0 Å². The van der Waals surface area contributed by atoms with Crippen LogP contribution in [0.4, 0.5) is 5.82 Å². The number of piperidine rings is 1. The fourth-order valence-corrected chi connectivity index (χ4v) is 4.73. The van der Waals surface area contributed by atoms with Crippen molar-refractivity contribution >= 4 is 28.2 Å². The minimum atomic E-state index is -0.0958. The summed E-state index contributed by atoms with van der Waals surface area (Å²) in [6, 6.07) is 5.96. The third-order valence-electron chi connectivity index (χ3n) is 6.58. The number of methoxy groups -OCH3 is 3. The predicted octanol–water partition coefficient (Wildman–Crippen LogP) is 5.59. The lowest BCUT2D eigenvalue weighted by Crippen LogP contribution is -2.44. The molecule has 1 aromatic carbocycles. The molecular formula is C25H30ClN3O3. The highest BCUT2D eigenvalue weighted by Gasteiger charge is 2.31. The van der Waals surface area contributed by atoms with Gasteiger partial charge >= 0.3 is 0 Å². The standard InChI is InChI=1S/C25H30ClN3O3/c1-15-11-18-17(14-27-15)12-19(22-16(2)20(30-4)13-21(31-5)23(22)26)28-24(18)29-9-7-25(3,32-6)8-10-29/h11-14H,7-10H2,1-6H3. The molecule has 0 saturated carbocycles. The van der Waals surface area contributed by atoms with Crippen molar-refractivity contribution in [3.8, 4) is 22.8 Å². The van der Waals surface area contributed by atoms with Gasteiger partial charge in [0.2, 0.25) is 0 Å². The molecule has 0 aliphatic carbocycles. The van der Waals surface area contributed by atoms with Crippen LogP contribution in [0.3, 0.4) is 0 Å².